The summed E-state index contributed by atoms with van der Waals surface area (Å²) in [4.78, 5) is 11.9. The minimum Gasteiger partial charge on any atom is -0.493 e. The molecular weight excluding hydrogens is 341 g/mol. The van der Waals surface area contributed by atoms with Crippen LogP contribution in [0.4, 0.5) is 4.39 Å². The van der Waals surface area contributed by atoms with Crippen molar-refractivity contribution in [2.75, 3.05) is 14.2 Å². The van der Waals surface area contributed by atoms with Gasteiger partial charge in [0.05, 0.1) is 19.8 Å². The topological polar surface area (TPSA) is 70.8 Å². The Kier molecular flexibility index (Phi) is 5.17. The molecule has 0 aliphatic heterocycles. The zero-order chi connectivity index (χ0) is 18.5. The summed E-state index contributed by atoms with van der Waals surface area (Å²) in [7, 11) is 3.09. The van der Waals surface area contributed by atoms with Gasteiger partial charge >= 0.3 is 5.97 Å². The van der Waals surface area contributed by atoms with E-state index in [0.29, 0.717) is 23.0 Å². The molecule has 0 saturated heterocycles. The van der Waals surface area contributed by atoms with E-state index in [4.69, 9.17) is 18.7 Å². The van der Waals surface area contributed by atoms with Crippen molar-refractivity contribution in [2.24, 2.45) is 0 Å². The van der Waals surface area contributed by atoms with Crippen LogP contribution in [0.5, 0.6) is 11.5 Å². The summed E-state index contributed by atoms with van der Waals surface area (Å²) in [5.74, 6) is 0.500. The molecule has 7 heteroatoms. The Hall–Kier alpha value is -3.35. The molecule has 26 heavy (non-hydrogen) atoms. The van der Waals surface area contributed by atoms with Crippen LogP contribution in [-0.4, -0.2) is 25.3 Å². The number of rotatable bonds is 6. The average Bonchev–Trinajstić information content (AvgIpc) is 3.14. The van der Waals surface area contributed by atoms with Gasteiger partial charge in [-0.25, -0.2) is 9.18 Å². The predicted molar refractivity (Wildman–Crippen MR) is 90.6 cm³/mol. The van der Waals surface area contributed by atoms with E-state index >= 15 is 0 Å². The second-order valence-electron chi connectivity index (χ2n) is 5.34. The molecule has 0 aliphatic carbocycles. The van der Waals surface area contributed by atoms with E-state index in [1.807, 2.05) is 0 Å². The monoisotopic (exact) mass is 357 g/mol. The molecule has 0 bridgehead atoms. The number of hydrogen-bond acceptors (Lipinski definition) is 6. The first kappa shape index (κ1) is 17.5. The van der Waals surface area contributed by atoms with Gasteiger partial charge in [-0.1, -0.05) is 11.2 Å². The molecule has 0 N–H and O–H groups in total. The molecule has 0 spiro atoms. The second-order valence-corrected chi connectivity index (χ2v) is 5.34. The van der Waals surface area contributed by atoms with Gasteiger partial charge in [-0.15, -0.1) is 0 Å². The van der Waals surface area contributed by atoms with Crippen LogP contribution in [0, 0.1) is 5.82 Å². The van der Waals surface area contributed by atoms with Gasteiger partial charge in [-0.3, -0.25) is 0 Å². The lowest BCUT2D eigenvalue weighted by Crippen LogP contribution is -2.05. The van der Waals surface area contributed by atoms with Crippen LogP contribution in [-0.2, 0) is 11.3 Å². The van der Waals surface area contributed by atoms with Crippen LogP contribution in [0.1, 0.15) is 16.1 Å². The third-order valence-electron chi connectivity index (χ3n) is 3.64. The number of hydrogen-bond donors (Lipinski definition) is 0. The zero-order valence-corrected chi connectivity index (χ0v) is 14.2. The third-order valence-corrected chi connectivity index (χ3v) is 3.64. The minimum absolute atomic E-state index is 0.0911. The Labute approximate surface area is 149 Å². The fourth-order valence-electron chi connectivity index (χ4n) is 2.34. The van der Waals surface area contributed by atoms with Gasteiger partial charge < -0.3 is 18.7 Å². The number of benzene rings is 2. The van der Waals surface area contributed by atoms with Gasteiger partial charge in [0.15, 0.2) is 17.3 Å². The quantitative estimate of drug-likeness (QED) is 0.624. The first-order valence-corrected chi connectivity index (χ1v) is 7.71. The lowest BCUT2D eigenvalue weighted by Gasteiger charge is -2.07. The van der Waals surface area contributed by atoms with Crippen molar-refractivity contribution < 1.29 is 27.9 Å². The summed E-state index contributed by atoms with van der Waals surface area (Å²) < 4.78 is 34.0. The van der Waals surface area contributed by atoms with Crippen LogP contribution in [0.2, 0.25) is 0 Å². The standard InChI is InChI=1S/C19H16FNO5/c1-23-16-7-6-12(9-18(16)24-2)17-10-15(21-26-17)11-25-19(22)13-4-3-5-14(20)8-13/h3-10H,11H2,1-2H3. The van der Waals surface area contributed by atoms with Crippen LogP contribution in [0.15, 0.2) is 53.1 Å². The highest BCUT2D eigenvalue weighted by Gasteiger charge is 2.13. The van der Waals surface area contributed by atoms with Gasteiger partial charge in [-0.2, -0.15) is 0 Å². The minimum atomic E-state index is -0.639. The van der Waals surface area contributed by atoms with E-state index in [0.717, 1.165) is 11.6 Å². The van der Waals surface area contributed by atoms with E-state index in [-0.39, 0.29) is 12.2 Å². The van der Waals surface area contributed by atoms with E-state index < -0.39 is 11.8 Å². The lowest BCUT2D eigenvalue weighted by atomic mass is 10.1. The van der Waals surface area contributed by atoms with Crippen molar-refractivity contribution in [2.45, 2.75) is 6.61 Å². The highest BCUT2D eigenvalue weighted by Crippen LogP contribution is 2.32. The summed E-state index contributed by atoms with van der Waals surface area (Å²) in [5, 5.41) is 3.88. The first-order chi connectivity index (χ1) is 12.6. The van der Waals surface area contributed by atoms with E-state index in [1.54, 1.807) is 38.5 Å². The van der Waals surface area contributed by atoms with Crippen molar-refractivity contribution in [3.63, 3.8) is 0 Å². The van der Waals surface area contributed by atoms with Crippen molar-refractivity contribution in [3.05, 3.63) is 65.6 Å². The summed E-state index contributed by atoms with van der Waals surface area (Å²) in [5.41, 5.74) is 1.30. The van der Waals surface area contributed by atoms with Crippen molar-refractivity contribution >= 4 is 5.97 Å². The summed E-state index contributed by atoms with van der Waals surface area (Å²) >= 11 is 0. The number of ether oxygens (including phenoxy) is 3. The molecule has 0 fully saturated rings. The maximum atomic E-state index is 13.1. The summed E-state index contributed by atoms with van der Waals surface area (Å²) in [6.07, 6.45) is 0. The van der Waals surface area contributed by atoms with Gasteiger partial charge in [0.25, 0.3) is 0 Å². The Morgan fingerprint density at radius 3 is 2.62 bits per heavy atom. The molecule has 1 heterocycles. The first-order valence-electron chi connectivity index (χ1n) is 7.71. The van der Waals surface area contributed by atoms with Crippen LogP contribution < -0.4 is 9.47 Å². The van der Waals surface area contributed by atoms with Crippen molar-refractivity contribution in [1.29, 1.82) is 0 Å². The smallest absolute Gasteiger partial charge is 0.338 e. The molecule has 6 nitrogen and oxygen atoms in total. The molecular formula is C19H16FNO5. The van der Waals surface area contributed by atoms with E-state index in [1.165, 1.54) is 18.2 Å². The zero-order valence-electron chi connectivity index (χ0n) is 14.2. The molecule has 2 aromatic carbocycles. The van der Waals surface area contributed by atoms with Crippen LogP contribution >= 0.6 is 0 Å². The highest BCUT2D eigenvalue weighted by molar-refractivity contribution is 5.89. The van der Waals surface area contributed by atoms with Crippen molar-refractivity contribution in [3.8, 4) is 22.8 Å². The molecule has 3 aromatic rings. The van der Waals surface area contributed by atoms with Crippen LogP contribution in [0.3, 0.4) is 0 Å². The van der Waals surface area contributed by atoms with Gasteiger partial charge in [0.1, 0.15) is 18.1 Å². The SMILES string of the molecule is COc1ccc(-c2cc(COC(=O)c3cccc(F)c3)no2)cc1OC. The maximum Gasteiger partial charge on any atom is 0.338 e. The largest absolute Gasteiger partial charge is 0.493 e. The Bertz CT molecular complexity index is 922. The van der Waals surface area contributed by atoms with E-state index in [9.17, 15) is 9.18 Å². The fourth-order valence-corrected chi connectivity index (χ4v) is 2.34. The van der Waals surface area contributed by atoms with E-state index in [2.05, 4.69) is 5.16 Å². The van der Waals surface area contributed by atoms with Crippen molar-refractivity contribution in [1.82, 2.24) is 5.16 Å². The Morgan fingerprint density at radius 2 is 1.88 bits per heavy atom. The molecule has 134 valence electrons. The summed E-state index contributed by atoms with van der Waals surface area (Å²) in [6, 6.07) is 12.2. The number of halogens is 1. The molecule has 0 saturated carbocycles. The normalized spacial score (nSPS) is 10.4. The number of carbonyl (C=O) groups excluding carboxylic acids is 1. The molecule has 0 aliphatic rings. The fraction of sp³-hybridized carbons (Fsp3) is 0.158. The third kappa shape index (κ3) is 3.83. The van der Waals surface area contributed by atoms with Gasteiger partial charge in [0, 0.05) is 11.6 Å². The number of nitrogens with zero attached hydrogens (tertiary/aromatic N) is 1. The maximum absolute atomic E-state index is 13.1. The van der Waals surface area contributed by atoms with Crippen LogP contribution in [0.25, 0.3) is 11.3 Å². The molecule has 1 aromatic heterocycles. The van der Waals surface area contributed by atoms with Gasteiger partial charge in [-0.05, 0) is 36.4 Å². The molecule has 0 amide bonds. The molecule has 3 rings (SSSR count). The molecule has 0 unspecified atom stereocenters. The average molecular weight is 357 g/mol. The number of carbonyl (C=O) groups is 1. The summed E-state index contributed by atoms with van der Waals surface area (Å²) in [6.45, 7) is -0.0911. The highest BCUT2D eigenvalue weighted by atomic mass is 19.1. The lowest BCUT2D eigenvalue weighted by molar-refractivity contribution is 0.0463. The van der Waals surface area contributed by atoms with Gasteiger partial charge in [0.2, 0.25) is 0 Å². The Morgan fingerprint density at radius 1 is 1.08 bits per heavy atom. The second kappa shape index (κ2) is 7.69. The Balaban J connectivity index is 1.69. The number of methoxy groups -OCH3 is 2. The predicted octanol–water partition coefficient (Wildman–Crippen LogP) is 3.85. The molecule has 0 atom stereocenters. The number of esters is 1. The molecule has 0 radical (unpaired) electrons. The number of aromatic nitrogens is 1.